The molecule has 0 saturated carbocycles. The van der Waals surface area contributed by atoms with E-state index in [1.807, 2.05) is 0 Å². The molecule has 2 rings (SSSR count). The van der Waals surface area contributed by atoms with Crippen molar-refractivity contribution in [3.63, 3.8) is 0 Å². The first-order valence-electron chi connectivity index (χ1n) is 6.98. The van der Waals surface area contributed by atoms with E-state index >= 15 is 0 Å². The lowest BCUT2D eigenvalue weighted by Crippen LogP contribution is -2.08. The van der Waals surface area contributed by atoms with Crippen LogP contribution in [0.1, 0.15) is 51.1 Å². The summed E-state index contributed by atoms with van der Waals surface area (Å²) in [6.45, 7) is 4.37. The highest BCUT2D eigenvalue weighted by molar-refractivity contribution is 5.18. The van der Waals surface area contributed by atoms with Gasteiger partial charge in [-0.25, -0.2) is 0 Å². The third-order valence-electron chi connectivity index (χ3n) is 3.37. The Kier molecular flexibility index (Phi) is 4.97. The molecule has 0 N–H and O–H groups in total. The molecule has 0 bridgehead atoms. The van der Waals surface area contributed by atoms with Crippen molar-refractivity contribution in [1.29, 1.82) is 0 Å². The maximum atomic E-state index is 5.65. The average Bonchev–Trinajstić information content (AvgIpc) is 3.18. The quantitative estimate of drug-likeness (QED) is 0.400. The molecule has 0 aliphatic carbocycles. The van der Waals surface area contributed by atoms with Crippen molar-refractivity contribution >= 4 is 0 Å². The molecule has 18 heavy (non-hydrogen) atoms. The molecule has 0 spiro atoms. The summed E-state index contributed by atoms with van der Waals surface area (Å²) in [6, 6.07) is 10.9. The van der Waals surface area contributed by atoms with E-state index in [-0.39, 0.29) is 0 Å². The van der Waals surface area contributed by atoms with E-state index in [4.69, 9.17) is 4.84 Å². The molecule has 1 aliphatic heterocycles. The Morgan fingerprint density at radius 3 is 2.78 bits per heavy atom. The maximum Gasteiger partial charge on any atom is 0.155 e. The van der Waals surface area contributed by atoms with Crippen LogP contribution in [0.3, 0.4) is 0 Å². The van der Waals surface area contributed by atoms with E-state index in [0.29, 0.717) is 12.3 Å². The van der Waals surface area contributed by atoms with Crippen LogP contribution in [-0.4, -0.2) is 11.3 Å². The fourth-order valence-electron chi connectivity index (χ4n) is 2.21. The molecular weight excluding hydrogens is 222 g/mol. The van der Waals surface area contributed by atoms with Gasteiger partial charge in [-0.1, -0.05) is 49.4 Å². The van der Waals surface area contributed by atoms with Crippen LogP contribution in [0.15, 0.2) is 42.5 Å². The number of allylic oxidation sites excluding steroid dienone is 2. The molecule has 3 atom stereocenters. The van der Waals surface area contributed by atoms with Crippen molar-refractivity contribution in [2.45, 2.75) is 51.8 Å². The minimum Gasteiger partial charge on any atom is -0.275 e. The molecule has 98 valence electrons. The van der Waals surface area contributed by atoms with Gasteiger partial charge >= 0.3 is 0 Å². The van der Waals surface area contributed by atoms with Crippen molar-refractivity contribution in [3.05, 3.63) is 48.0 Å². The Balaban J connectivity index is 1.69. The number of hydrogen-bond acceptors (Lipinski definition) is 2. The van der Waals surface area contributed by atoms with Gasteiger partial charge in [0.15, 0.2) is 6.23 Å². The smallest absolute Gasteiger partial charge is 0.155 e. The third-order valence-corrected chi connectivity index (χ3v) is 3.37. The maximum absolute atomic E-state index is 5.65. The highest BCUT2D eigenvalue weighted by Crippen LogP contribution is 2.35. The van der Waals surface area contributed by atoms with Crippen LogP contribution in [0, 0.1) is 0 Å². The van der Waals surface area contributed by atoms with E-state index in [1.165, 1.54) is 18.4 Å². The van der Waals surface area contributed by atoms with Crippen LogP contribution in [-0.2, 0) is 4.84 Å². The lowest BCUT2D eigenvalue weighted by Gasteiger charge is -2.09. The van der Waals surface area contributed by atoms with Gasteiger partial charge in [-0.3, -0.25) is 4.84 Å². The van der Waals surface area contributed by atoms with Crippen molar-refractivity contribution in [2.75, 3.05) is 0 Å². The minimum atomic E-state index is 0.329. The molecule has 1 aliphatic rings. The summed E-state index contributed by atoms with van der Waals surface area (Å²) in [5.74, 6) is 0. The van der Waals surface area contributed by atoms with Crippen LogP contribution in [0.5, 0.6) is 0 Å². The zero-order valence-corrected chi connectivity index (χ0v) is 11.4. The third kappa shape index (κ3) is 3.69. The SMILES string of the molecule is CC/C=C\CCC[C@@H]1ON1[C@@H](C)c1ccccc1. The first-order valence-corrected chi connectivity index (χ1v) is 6.98. The normalized spacial score (nSPS) is 24.3. The molecular formula is C16H23NO. The van der Waals surface area contributed by atoms with Crippen molar-refractivity contribution < 1.29 is 4.84 Å². The minimum absolute atomic E-state index is 0.329. The largest absolute Gasteiger partial charge is 0.275 e. The molecule has 0 radical (unpaired) electrons. The van der Waals surface area contributed by atoms with Gasteiger partial charge in [0.25, 0.3) is 0 Å². The molecule has 0 aromatic heterocycles. The van der Waals surface area contributed by atoms with Gasteiger partial charge in [0, 0.05) is 0 Å². The van der Waals surface area contributed by atoms with Crippen LogP contribution >= 0.6 is 0 Å². The van der Waals surface area contributed by atoms with Crippen molar-refractivity contribution in [3.8, 4) is 0 Å². The van der Waals surface area contributed by atoms with Gasteiger partial charge in [-0.2, -0.15) is 0 Å². The summed E-state index contributed by atoms with van der Waals surface area (Å²) >= 11 is 0. The van der Waals surface area contributed by atoms with Crippen molar-refractivity contribution in [1.82, 2.24) is 5.06 Å². The molecule has 2 nitrogen and oxygen atoms in total. The number of rotatable bonds is 7. The number of nitrogens with zero attached hydrogens (tertiary/aromatic N) is 1. The van der Waals surface area contributed by atoms with E-state index in [1.54, 1.807) is 0 Å². The van der Waals surface area contributed by atoms with Gasteiger partial charge in [0.05, 0.1) is 6.04 Å². The topological polar surface area (TPSA) is 15.5 Å². The van der Waals surface area contributed by atoms with E-state index in [2.05, 4.69) is 61.4 Å². The molecule has 1 aromatic rings. The molecule has 1 saturated heterocycles. The number of hydroxylamine groups is 2. The first-order chi connectivity index (χ1) is 8.83. The second-order valence-electron chi connectivity index (χ2n) is 4.82. The fraction of sp³-hybridized carbons (Fsp3) is 0.500. The molecule has 1 aromatic carbocycles. The van der Waals surface area contributed by atoms with Crippen LogP contribution in [0.25, 0.3) is 0 Å². The lowest BCUT2D eigenvalue weighted by atomic mass is 10.1. The molecule has 0 amide bonds. The number of unbranched alkanes of at least 4 members (excludes halogenated alkanes) is 1. The summed E-state index contributed by atoms with van der Waals surface area (Å²) in [6.07, 6.45) is 9.48. The Labute approximate surface area is 110 Å². The molecule has 1 unspecified atom stereocenters. The number of benzene rings is 1. The van der Waals surface area contributed by atoms with E-state index in [0.717, 1.165) is 12.8 Å². The van der Waals surface area contributed by atoms with Crippen LogP contribution in [0.4, 0.5) is 0 Å². The zero-order chi connectivity index (χ0) is 12.8. The standard InChI is InChI=1S/C16H23NO/c1-3-4-5-6-10-13-16-17(18-16)14(2)15-11-8-7-9-12-15/h4-5,7-9,11-12,14,16H,3,6,10,13H2,1-2H3/b5-4-/t14-,16-,17?/m0/s1. The van der Waals surface area contributed by atoms with Crippen LogP contribution in [0.2, 0.25) is 0 Å². The predicted molar refractivity (Wildman–Crippen MR) is 74.9 cm³/mol. The predicted octanol–water partition coefficient (Wildman–Crippen LogP) is 4.46. The summed E-state index contributed by atoms with van der Waals surface area (Å²) < 4.78 is 0. The average molecular weight is 245 g/mol. The second kappa shape index (κ2) is 6.72. The Hall–Kier alpha value is -1.12. The van der Waals surface area contributed by atoms with Crippen molar-refractivity contribution in [2.24, 2.45) is 0 Å². The summed E-state index contributed by atoms with van der Waals surface area (Å²) in [4.78, 5) is 5.65. The molecule has 1 fully saturated rings. The van der Waals surface area contributed by atoms with Gasteiger partial charge in [-0.15, -0.1) is 5.06 Å². The molecule has 2 heteroatoms. The summed E-state index contributed by atoms with van der Waals surface area (Å²) in [5, 5.41) is 2.11. The molecule has 1 heterocycles. The zero-order valence-electron chi connectivity index (χ0n) is 11.4. The first kappa shape index (κ1) is 13.3. The van der Waals surface area contributed by atoms with E-state index < -0.39 is 0 Å². The second-order valence-corrected chi connectivity index (χ2v) is 4.82. The fourth-order valence-corrected chi connectivity index (χ4v) is 2.21. The van der Waals surface area contributed by atoms with Crippen LogP contribution < -0.4 is 0 Å². The van der Waals surface area contributed by atoms with Gasteiger partial charge in [0.1, 0.15) is 0 Å². The summed E-state index contributed by atoms with van der Waals surface area (Å²) in [7, 11) is 0. The van der Waals surface area contributed by atoms with Gasteiger partial charge in [0.2, 0.25) is 0 Å². The Morgan fingerprint density at radius 1 is 1.28 bits per heavy atom. The Bertz CT molecular complexity index is 374. The summed E-state index contributed by atoms with van der Waals surface area (Å²) in [5.41, 5.74) is 1.32. The Morgan fingerprint density at radius 2 is 2.06 bits per heavy atom. The highest BCUT2D eigenvalue weighted by atomic mass is 16.8. The van der Waals surface area contributed by atoms with Gasteiger partial charge < -0.3 is 0 Å². The highest BCUT2D eigenvalue weighted by Gasteiger charge is 2.39. The lowest BCUT2D eigenvalue weighted by molar-refractivity contribution is 0.155. The van der Waals surface area contributed by atoms with E-state index in [9.17, 15) is 0 Å². The monoisotopic (exact) mass is 245 g/mol. The van der Waals surface area contributed by atoms with Gasteiger partial charge in [-0.05, 0) is 38.2 Å². The number of hydrogen-bond donors (Lipinski definition) is 0.